The Hall–Kier alpha value is -3.46. The molecule has 40 heavy (non-hydrogen) atoms. The first kappa shape index (κ1) is 26.7. The maximum absolute atomic E-state index is 13.4. The molecular weight excluding hydrogens is 573 g/mol. The molecule has 208 valence electrons. The van der Waals surface area contributed by atoms with E-state index in [0.29, 0.717) is 44.8 Å². The molecule has 1 aliphatic carbocycles. The highest BCUT2D eigenvalue weighted by molar-refractivity contribution is 7.92. The van der Waals surface area contributed by atoms with E-state index in [1.54, 1.807) is 24.4 Å². The van der Waals surface area contributed by atoms with Crippen molar-refractivity contribution in [3.63, 3.8) is 0 Å². The average molecular weight is 599 g/mol. The SMILES string of the molecule is O=C(Nc1nc2ccc(OC3CCNCC3)nc2s1)C(=NOCc1nccs1)c1ccc(S(=O)(=O)C2CC2)cc1. The normalized spacial score (nSPS) is 16.6. The molecule has 0 atom stereocenters. The predicted molar refractivity (Wildman–Crippen MR) is 153 cm³/mol. The van der Waals surface area contributed by atoms with E-state index in [9.17, 15) is 13.2 Å². The van der Waals surface area contributed by atoms with E-state index in [4.69, 9.17) is 9.57 Å². The van der Waals surface area contributed by atoms with Crippen LogP contribution in [0.2, 0.25) is 0 Å². The van der Waals surface area contributed by atoms with Crippen molar-refractivity contribution in [2.45, 2.75) is 48.5 Å². The van der Waals surface area contributed by atoms with Gasteiger partial charge in [0.2, 0.25) is 5.88 Å². The fourth-order valence-electron chi connectivity index (χ4n) is 4.23. The molecule has 11 nitrogen and oxygen atoms in total. The summed E-state index contributed by atoms with van der Waals surface area (Å²) in [6.45, 7) is 1.92. The summed E-state index contributed by atoms with van der Waals surface area (Å²) in [5.74, 6) is -0.0258. The fourth-order valence-corrected chi connectivity index (χ4v) is 7.24. The van der Waals surface area contributed by atoms with Crippen LogP contribution in [0.5, 0.6) is 5.88 Å². The molecule has 2 aliphatic rings. The molecule has 0 spiro atoms. The first-order chi connectivity index (χ1) is 19.5. The molecule has 2 N–H and O–H groups in total. The van der Waals surface area contributed by atoms with Crippen molar-refractivity contribution in [3.05, 3.63) is 58.5 Å². The molecule has 1 aliphatic heterocycles. The van der Waals surface area contributed by atoms with Gasteiger partial charge in [-0.15, -0.1) is 11.3 Å². The Kier molecular flexibility index (Phi) is 7.74. The van der Waals surface area contributed by atoms with Crippen LogP contribution in [0.4, 0.5) is 5.13 Å². The summed E-state index contributed by atoms with van der Waals surface area (Å²) in [6.07, 6.45) is 4.96. The van der Waals surface area contributed by atoms with Crippen molar-refractivity contribution >= 4 is 59.6 Å². The van der Waals surface area contributed by atoms with E-state index in [2.05, 4.69) is 30.7 Å². The van der Waals surface area contributed by atoms with Gasteiger partial charge in [0.15, 0.2) is 27.3 Å². The summed E-state index contributed by atoms with van der Waals surface area (Å²) in [7, 11) is -3.36. The summed E-state index contributed by atoms with van der Waals surface area (Å²) in [4.78, 5) is 32.9. The van der Waals surface area contributed by atoms with Gasteiger partial charge in [-0.25, -0.2) is 23.4 Å². The number of sulfone groups is 1. The molecule has 0 unspecified atom stereocenters. The molecule has 0 bridgehead atoms. The minimum Gasteiger partial charge on any atom is -0.474 e. The van der Waals surface area contributed by atoms with E-state index in [0.717, 1.165) is 25.9 Å². The maximum atomic E-state index is 13.4. The Morgan fingerprint density at radius 1 is 1.07 bits per heavy atom. The zero-order chi connectivity index (χ0) is 27.5. The minimum absolute atomic E-state index is 0.0194. The Morgan fingerprint density at radius 2 is 1.88 bits per heavy atom. The number of hydrogen-bond acceptors (Lipinski definition) is 12. The first-order valence-corrected chi connectivity index (χ1v) is 16.1. The van der Waals surface area contributed by atoms with E-state index in [1.165, 1.54) is 34.8 Å². The van der Waals surface area contributed by atoms with Crippen molar-refractivity contribution in [2.75, 3.05) is 18.4 Å². The van der Waals surface area contributed by atoms with E-state index in [-0.39, 0.29) is 28.6 Å². The Balaban J connectivity index is 1.21. The van der Waals surface area contributed by atoms with E-state index >= 15 is 0 Å². The summed E-state index contributed by atoms with van der Waals surface area (Å²) >= 11 is 2.63. The number of hydrogen-bond donors (Lipinski definition) is 2. The minimum atomic E-state index is -3.36. The summed E-state index contributed by atoms with van der Waals surface area (Å²) < 4.78 is 31.3. The highest BCUT2D eigenvalue weighted by Crippen LogP contribution is 2.33. The molecule has 4 aromatic rings. The predicted octanol–water partition coefficient (Wildman–Crippen LogP) is 3.77. The molecule has 3 aromatic heterocycles. The molecule has 2 fully saturated rings. The number of fused-ring (bicyclic) bond motifs is 1. The third-order valence-corrected chi connectivity index (χ3v) is 10.4. The molecule has 1 aromatic carbocycles. The molecule has 14 heteroatoms. The van der Waals surface area contributed by atoms with Crippen molar-refractivity contribution in [1.29, 1.82) is 0 Å². The van der Waals surface area contributed by atoms with Gasteiger partial charge in [0, 0.05) is 23.2 Å². The lowest BCUT2D eigenvalue weighted by atomic mass is 10.1. The molecule has 1 amide bonds. The van der Waals surface area contributed by atoms with Crippen molar-refractivity contribution in [1.82, 2.24) is 20.3 Å². The van der Waals surface area contributed by atoms with Crippen molar-refractivity contribution < 1.29 is 22.8 Å². The third-order valence-electron chi connectivity index (χ3n) is 6.49. The number of amides is 1. The van der Waals surface area contributed by atoms with Crippen LogP contribution in [-0.2, 0) is 26.1 Å². The number of ether oxygens (including phenoxy) is 1. The van der Waals surface area contributed by atoms with Gasteiger partial charge >= 0.3 is 0 Å². The lowest BCUT2D eigenvalue weighted by molar-refractivity contribution is -0.110. The fraction of sp³-hybridized carbons (Fsp3) is 0.346. The quantitative estimate of drug-likeness (QED) is 0.206. The number of aromatic nitrogens is 3. The number of thiazole rings is 2. The van der Waals surface area contributed by atoms with Gasteiger partial charge in [-0.05, 0) is 57.0 Å². The van der Waals surface area contributed by atoms with Crippen LogP contribution in [0.15, 0.2) is 58.0 Å². The zero-order valence-electron chi connectivity index (χ0n) is 21.3. The highest BCUT2D eigenvalue weighted by Gasteiger charge is 2.36. The van der Waals surface area contributed by atoms with Gasteiger partial charge in [-0.3, -0.25) is 10.1 Å². The number of piperidine rings is 1. The highest BCUT2D eigenvalue weighted by atomic mass is 32.2. The smallest absolute Gasteiger partial charge is 0.280 e. The van der Waals surface area contributed by atoms with Gasteiger partial charge in [0.1, 0.15) is 21.5 Å². The topological polar surface area (TPSA) is 145 Å². The number of carbonyl (C=O) groups excluding carboxylic acids is 1. The van der Waals surface area contributed by atoms with Gasteiger partial charge in [0.25, 0.3) is 5.91 Å². The number of benzene rings is 1. The number of nitrogens with zero attached hydrogens (tertiary/aromatic N) is 4. The number of pyridine rings is 1. The molecular formula is C26H26N6O5S3. The lowest BCUT2D eigenvalue weighted by Crippen LogP contribution is -2.34. The number of oxime groups is 1. The van der Waals surface area contributed by atoms with E-state index in [1.807, 2.05) is 11.4 Å². The van der Waals surface area contributed by atoms with Crippen molar-refractivity contribution in [2.24, 2.45) is 5.16 Å². The summed E-state index contributed by atoms with van der Waals surface area (Å²) in [5, 5.41) is 12.7. The van der Waals surface area contributed by atoms with Crippen LogP contribution in [-0.4, -0.2) is 59.4 Å². The molecule has 4 heterocycles. The lowest BCUT2D eigenvalue weighted by Gasteiger charge is -2.23. The van der Waals surface area contributed by atoms with Crippen molar-refractivity contribution in [3.8, 4) is 5.88 Å². The van der Waals surface area contributed by atoms with E-state index < -0.39 is 15.7 Å². The summed E-state index contributed by atoms with van der Waals surface area (Å²) in [5.41, 5.74) is 1.02. The molecule has 6 rings (SSSR count). The monoisotopic (exact) mass is 598 g/mol. The van der Waals surface area contributed by atoms with Gasteiger partial charge in [-0.1, -0.05) is 28.6 Å². The Morgan fingerprint density at radius 3 is 2.60 bits per heavy atom. The van der Waals surface area contributed by atoms with Gasteiger partial charge in [0.05, 0.1) is 10.1 Å². The Labute approximate surface area is 238 Å². The van der Waals surface area contributed by atoms with Crippen LogP contribution in [0.25, 0.3) is 10.3 Å². The summed E-state index contributed by atoms with van der Waals surface area (Å²) in [6, 6.07) is 9.72. The molecule has 1 saturated heterocycles. The van der Waals surface area contributed by atoms with Crippen LogP contribution in [0, 0.1) is 0 Å². The maximum Gasteiger partial charge on any atom is 0.280 e. The first-order valence-electron chi connectivity index (χ1n) is 12.8. The average Bonchev–Trinajstić information content (AvgIpc) is 3.57. The second-order valence-electron chi connectivity index (χ2n) is 9.42. The standard InChI is InChI=1S/C26H26N6O5S3/c33-24(31-26-29-20-7-8-21(30-25(20)39-26)37-17-9-11-27-12-10-17)23(32-36-15-22-28-13-14-38-22)16-1-3-18(4-2-16)40(34,35)19-5-6-19/h1-4,7-8,13-14,17,19,27H,5-6,9-12,15H2,(H,29,31,33). The van der Waals surface area contributed by atoms with Gasteiger partial charge < -0.3 is 14.9 Å². The van der Waals surface area contributed by atoms with Crippen LogP contribution in [0.1, 0.15) is 36.3 Å². The largest absolute Gasteiger partial charge is 0.474 e. The number of nitrogens with one attached hydrogen (secondary N) is 2. The van der Waals surface area contributed by atoms with Crippen LogP contribution < -0.4 is 15.4 Å². The zero-order valence-corrected chi connectivity index (χ0v) is 23.7. The van der Waals surface area contributed by atoms with Gasteiger partial charge in [-0.2, -0.15) is 0 Å². The molecule has 1 saturated carbocycles. The molecule has 0 radical (unpaired) electrons. The second-order valence-corrected chi connectivity index (χ2v) is 13.6. The van der Waals surface area contributed by atoms with Crippen LogP contribution >= 0.6 is 22.7 Å². The Bertz CT molecular complexity index is 1630. The number of anilines is 1. The van der Waals surface area contributed by atoms with Crippen LogP contribution in [0.3, 0.4) is 0 Å². The number of carbonyl (C=O) groups is 1. The number of rotatable bonds is 10. The third kappa shape index (κ3) is 6.14. The second kappa shape index (κ2) is 11.6.